The second kappa shape index (κ2) is 8.67. The molecule has 4 rings (SSSR count). The average Bonchev–Trinajstić information content (AvgIpc) is 3.02. The van der Waals surface area contributed by atoms with Crippen LogP contribution in [0.4, 0.5) is 36.4 Å². The number of hydrogen-bond donors (Lipinski definition) is 4. The average molecular weight is 494 g/mol. The Morgan fingerprint density at radius 1 is 1.09 bits per heavy atom. The Kier molecular flexibility index (Phi) is 6.02. The molecule has 1 aliphatic heterocycles. The van der Waals surface area contributed by atoms with Crippen LogP contribution >= 0.6 is 7.60 Å². The molecule has 0 aliphatic carbocycles. The van der Waals surface area contributed by atoms with Crippen LogP contribution in [0.2, 0.25) is 0 Å². The highest BCUT2D eigenvalue weighted by atomic mass is 31.2. The van der Waals surface area contributed by atoms with Gasteiger partial charge in [-0.05, 0) is 29.3 Å². The second-order valence-electron chi connectivity index (χ2n) is 7.58. The molecule has 0 bridgehead atoms. The van der Waals surface area contributed by atoms with Gasteiger partial charge in [0.2, 0.25) is 5.95 Å². The van der Waals surface area contributed by atoms with E-state index in [1.165, 1.54) is 35.4 Å². The van der Waals surface area contributed by atoms with E-state index in [0.717, 1.165) is 0 Å². The Labute approximate surface area is 191 Å². The zero-order chi connectivity index (χ0) is 24.7. The maximum Gasteiger partial charge on any atom is 0.421 e. The number of fused-ring (bicyclic) bond motifs is 1. The molecule has 10 nitrogen and oxygen atoms in total. The Bertz CT molecular complexity index is 1300. The lowest BCUT2D eigenvalue weighted by atomic mass is 10.1. The summed E-state index contributed by atoms with van der Waals surface area (Å²) in [6.45, 7) is 0.312. The number of benzene rings is 1. The molecule has 14 heteroatoms. The monoisotopic (exact) mass is 494 g/mol. The Morgan fingerprint density at radius 2 is 1.79 bits per heavy atom. The van der Waals surface area contributed by atoms with E-state index < -0.39 is 31.3 Å². The third kappa shape index (κ3) is 5.16. The first-order valence-corrected chi connectivity index (χ1v) is 11.6. The summed E-state index contributed by atoms with van der Waals surface area (Å²) in [5, 5.41) is 5.28. The van der Waals surface area contributed by atoms with E-state index in [-0.39, 0.29) is 23.2 Å². The molecule has 2 aromatic heterocycles. The van der Waals surface area contributed by atoms with E-state index in [2.05, 4.69) is 25.6 Å². The number of nitrogens with one attached hydrogen (secondary N) is 2. The lowest BCUT2D eigenvalue weighted by Crippen LogP contribution is -2.19. The molecule has 0 radical (unpaired) electrons. The Hall–Kier alpha value is -3.54. The topological polar surface area (TPSA) is 141 Å². The maximum absolute atomic E-state index is 13.6. The molecule has 4 N–H and O–H groups in total. The summed E-state index contributed by atoms with van der Waals surface area (Å²) in [5.41, 5.74) is 0.422. The van der Waals surface area contributed by atoms with Crippen LogP contribution in [0.15, 0.2) is 42.7 Å². The lowest BCUT2D eigenvalue weighted by Gasteiger charge is -2.15. The zero-order valence-corrected chi connectivity index (χ0v) is 18.4. The van der Waals surface area contributed by atoms with Crippen LogP contribution in [0.3, 0.4) is 0 Å². The number of rotatable bonds is 6. The minimum atomic E-state index is -4.77. The summed E-state index contributed by atoms with van der Waals surface area (Å²) in [4.78, 5) is 43.7. The van der Waals surface area contributed by atoms with Gasteiger partial charge < -0.3 is 25.3 Å². The predicted molar refractivity (Wildman–Crippen MR) is 116 cm³/mol. The summed E-state index contributed by atoms with van der Waals surface area (Å²) in [6, 6.07) is 7.52. The molecule has 1 aliphatic rings. The number of pyridine rings is 1. The van der Waals surface area contributed by atoms with Crippen molar-refractivity contribution in [3.8, 4) is 0 Å². The van der Waals surface area contributed by atoms with Gasteiger partial charge in [0.15, 0.2) is 0 Å². The molecule has 0 saturated carbocycles. The van der Waals surface area contributed by atoms with Crippen LogP contribution in [-0.4, -0.2) is 42.6 Å². The SMILES string of the molecule is CN1Cc2ccnc(Nc3nc(Nc4ccc(CP(=O)(O)O)cc4)ncc3C(F)(F)F)c2C1=O. The number of alkyl halides is 3. The molecule has 34 heavy (non-hydrogen) atoms. The fourth-order valence-electron chi connectivity index (χ4n) is 3.40. The van der Waals surface area contributed by atoms with Crippen LogP contribution in [0.25, 0.3) is 0 Å². The van der Waals surface area contributed by atoms with Crippen molar-refractivity contribution >= 4 is 36.8 Å². The fraction of sp³-hybridized carbons (Fsp3) is 0.200. The highest BCUT2D eigenvalue weighted by Gasteiger charge is 2.36. The van der Waals surface area contributed by atoms with E-state index in [0.29, 0.717) is 29.6 Å². The molecule has 0 atom stereocenters. The van der Waals surface area contributed by atoms with Crippen molar-refractivity contribution in [1.29, 1.82) is 0 Å². The molecule has 3 heterocycles. The van der Waals surface area contributed by atoms with E-state index >= 15 is 0 Å². The van der Waals surface area contributed by atoms with Gasteiger partial charge in [-0.25, -0.2) is 9.97 Å². The van der Waals surface area contributed by atoms with Gasteiger partial charge in [0, 0.05) is 31.7 Å². The van der Waals surface area contributed by atoms with E-state index in [1.54, 1.807) is 13.1 Å². The van der Waals surface area contributed by atoms with Crippen molar-refractivity contribution < 1.29 is 32.3 Å². The number of amides is 1. The van der Waals surface area contributed by atoms with Gasteiger partial charge in [-0.3, -0.25) is 9.36 Å². The molecular formula is C20H18F3N6O4P. The molecule has 0 saturated heterocycles. The van der Waals surface area contributed by atoms with Crippen LogP contribution < -0.4 is 10.6 Å². The molecule has 0 unspecified atom stereocenters. The number of nitrogens with zero attached hydrogens (tertiary/aromatic N) is 4. The normalized spacial score (nSPS) is 13.7. The zero-order valence-electron chi connectivity index (χ0n) is 17.5. The van der Waals surface area contributed by atoms with Crippen LogP contribution in [0.5, 0.6) is 0 Å². The first-order valence-electron chi connectivity index (χ1n) is 9.76. The molecule has 1 amide bonds. The number of carbonyl (C=O) groups excluding carboxylic acids is 1. The largest absolute Gasteiger partial charge is 0.421 e. The maximum atomic E-state index is 13.6. The van der Waals surface area contributed by atoms with Gasteiger partial charge in [-0.1, -0.05) is 12.1 Å². The summed E-state index contributed by atoms with van der Waals surface area (Å²) in [6.07, 6.45) is -3.22. The minimum absolute atomic E-state index is 0.0520. The number of carbonyl (C=O) groups is 1. The number of halogens is 3. The highest BCUT2D eigenvalue weighted by Crippen LogP contribution is 2.39. The third-order valence-electron chi connectivity index (χ3n) is 4.93. The quantitative estimate of drug-likeness (QED) is 0.378. The molecule has 3 aromatic rings. The van der Waals surface area contributed by atoms with Crippen molar-refractivity contribution in [2.45, 2.75) is 18.9 Å². The van der Waals surface area contributed by atoms with Crippen LogP contribution in [-0.2, 0) is 23.4 Å². The molecule has 0 spiro atoms. The molecule has 1 aromatic carbocycles. The minimum Gasteiger partial charge on any atom is -0.337 e. The molecule has 0 fully saturated rings. The Balaban J connectivity index is 1.64. The van der Waals surface area contributed by atoms with Gasteiger partial charge >= 0.3 is 13.8 Å². The van der Waals surface area contributed by atoms with Crippen molar-refractivity contribution in [1.82, 2.24) is 19.9 Å². The Morgan fingerprint density at radius 3 is 2.44 bits per heavy atom. The van der Waals surface area contributed by atoms with Crippen molar-refractivity contribution in [2.24, 2.45) is 0 Å². The van der Waals surface area contributed by atoms with Crippen molar-refractivity contribution in [3.63, 3.8) is 0 Å². The first kappa shape index (κ1) is 23.6. The lowest BCUT2D eigenvalue weighted by molar-refractivity contribution is -0.137. The van der Waals surface area contributed by atoms with E-state index in [1.807, 2.05) is 0 Å². The number of anilines is 4. The highest BCUT2D eigenvalue weighted by molar-refractivity contribution is 7.50. The summed E-state index contributed by atoms with van der Waals surface area (Å²) < 4.78 is 51.9. The van der Waals surface area contributed by atoms with Crippen molar-refractivity contribution in [2.75, 3.05) is 17.7 Å². The van der Waals surface area contributed by atoms with Gasteiger partial charge in [0.25, 0.3) is 5.91 Å². The standard InChI is InChI=1S/C20H18F3N6O4P/c1-29-9-12-6-7-24-17(15(12)18(29)30)27-16-14(20(21,22)23)8-25-19(28-16)26-13-4-2-11(3-5-13)10-34(31,32)33/h2-8H,9-10H2,1H3,(H2,31,32,33)(H2,24,25,26,27,28). The van der Waals surface area contributed by atoms with Gasteiger partial charge in [-0.15, -0.1) is 0 Å². The fourth-order valence-corrected chi connectivity index (χ4v) is 4.09. The molecular weight excluding hydrogens is 476 g/mol. The van der Waals surface area contributed by atoms with Gasteiger partial charge in [0.1, 0.15) is 17.2 Å². The smallest absolute Gasteiger partial charge is 0.337 e. The van der Waals surface area contributed by atoms with Crippen LogP contribution in [0.1, 0.15) is 27.0 Å². The summed E-state index contributed by atoms with van der Waals surface area (Å²) >= 11 is 0. The van der Waals surface area contributed by atoms with E-state index in [9.17, 15) is 22.5 Å². The molecule has 178 valence electrons. The number of hydrogen-bond acceptors (Lipinski definition) is 7. The van der Waals surface area contributed by atoms with E-state index in [4.69, 9.17) is 9.79 Å². The van der Waals surface area contributed by atoms with Gasteiger partial charge in [0.05, 0.1) is 11.7 Å². The second-order valence-corrected chi connectivity index (χ2v) is 9.22. The van der Waals surface area contributed by atoms with Crippen LogP contribution in [0, 0.1) is 0 Å². The summed E-state index contributed by atoms with van der Waals surface area (Å²) in [7, 11) is -2.66. The summed E-state index contributed by atoms with van der Waals surface area (Å²) in [5.74, 6) is -1.19. The third-order valence-corrected chi connectivity index (χ3v) is 5.71. The first-order chi connectivity index (χ1) is 15.9. The predicted octanol–water partition coefficient (Wildman–Crippen LogP) is 3.64. The van der Waals surface area contributed by atoms with Crippen molar-refractivity contribution in [3.05, 3.63) is 65.0 Å². The van der Waals surface area contributed by atoms with Gasteiger partial charge in [-0.2, -0.15) is 18.2 Å². The number of aromatic nitrogens is 3.